The minimum atomic E-state index is -0.608. The Bertz CT molecular complexity index is 399. The number of ether oxygens (including phenoxy) is 2. The number of nitrogens with zero attached hydrogens (tertiary/aromatic N) is 2. The van der Waals surface area contributed by atoms with Crippen LogP contribution in [0, 0.1) is 0 Å². The van der Waals surface area contributed by atoms with Gasteiger partial charge in [0.1, 0.15) is 6.54 Å². The van der Waals surface area contributed by atoms with E-state index in [1.807, 2.05) is 0 Å². The van der Waals surface area contributed by atoms with Gasteiger partial charge in [-0.3, -0.25) is 9.48 Å². The van der Waals surface area contributed by atoms with Crippen molar-refractivity contribution in [2.75, 3.05) is 19.5 Å². The SMILES string of the molecule is CCOC(=O)c1nn(CC(=O)OC)cc1N. The summed E-state index contributed by atoms with van der Waals surface area (Å²) in [5.74, 6) is -1.08. The molecule has 0 saturated heterocycles. The van der Waals surface area contributed by atoms with Crippen molar-refractivity contribution < 1.29 is 19.1 Å². The maximum absolute atomic E-state index is 11.3. The second-order valence-corrected chi connectivity index (χ2v) is 2.93. The number of carbonyl (C=O) groups is 2. The molecule has 0 aliphatic carbocycles. The molecule has 0 bridgehead atoms. The fourth-order valence-corrected chi connectivity index (χ4v) is 1.07. The summed E-state index contributed by atoms with van der Waals surface area (Å²) in [5.41, 5.74) is 5.73. The predicted molar refractivity (Wildman–Crippen MR) is 54.6 cm³/mol. The van der Waals surface area contributed by atoms with E-state index in [-0.39, 0.29) is 24.5 Å². The Labute approximate surface area is 92.1 Å². The van der Waals surface area contributed by atoms with Crippen molar-refractivity contribution in [1.29, 1.82) is 0 Å². The molecule has 0 fully saturated rings. The van der Waals surface area contributed by atoms with Crippen molar-refractivity contribution in [1.82, 2.24) is 9.78 Å². The molecule has 88 valence electrons. The molecule has 2 N–H and O–H groups in total. The number of hydrogen-bond donors (Lipinski definition) is 1. The third kappa shape index (κ3) is 2.72. The van der Waals surface area contributed by atoms with Crippen molar-refractivity contribution in [2.45, 2.75) is 13.5 Å². The second kappa shape index (κ2) is 5.15. The van der Waals surface area contributed by atoms with Gasteiger partial charge < -0.3 is 15.2 Å². The molecule has 1 aromatic rings. The van der Waals surface area contributed by atoms with E-state index in [9.17, 15) is 9.59 Å². The fourth-order valence-electron chi connectivity index (χ4n) is 1.07. The Kier molecular flexibility index (Phi) is 3.87. The normalized spacial score (nSPS) is 9.88. The van der Waals surface area contributed by atoms with Gasteiger partial charge in [-0.25, -0.2) is 4.79 Å². The van der Waals surface area contributed by atoms with Crippen LogP contribution in [0.5, 0.6) is 0 Å². The number of rotatable bonds is 4. The summed E-state index contributed by atoms with van der Waals surface area (Å²) in [7, 11) is 1.27. The molecule has 7 nitrogen and oxygen atoms in total. The van der Waals surface area contributed by atoms with Gasteiger partial charge >= 0.3 is 11.9 Å². The lowest BCUT2D eigenvalue weighted by atomic mass is 10.4. The topological polar surface area (TPSA) is 96.4 Å². The summed E-state index contributed by atoms with van der Waals surface area (Å²) in [5, 5.41) is 3.83. The van der Waals surface area contributed by atoms with E-state index in [0.29, 0.717) is 0 Å². The third-order valence-corrected chi connectivity index (χ3v) is 1.78. The van der Waals surface area contributed by atoms with Crippen molar-refractivity contribution in [2.24, 2.45) is 0 Å². The van der Waals surface area contributed by atoms with Crippen LogP contribution >= 0.6 is 0 Å². The molecule has 0 amide bonds. The van der Waals surface area contributed by atoms with Crippen LogP contribution < -0.4 is 5.73 Å². The van der Waals surface area contributed by atoms with Crippen LogP contribution in [-0.4, -0.2) is 35.4 Å². The van der Waals surface area contributed by atoms with Crippen molar-refractivity contribution in [3.05, 3.63) is 11.9 Å². The van der Waals surface area contributed by atoms with E-state index in [0.717, 1.165) is 0 Å². The van der Waals surface area contributed by atoms with Crippen LogP contribution in [0.2, 0.25) is 0 Å². The summed E-state index contributed by atoms with van der Waals surface area (Å²) in [4.78, 5) is 22.3. The number of methoxy groups -OCH3 is 1. The Balaban J connectivity index is 2.81. The maximum atomic E-state index is 11.3. The molecule has 1 heterocycles. The molecule has 16 heavy (non-hydrogen) atoms. The van der Waals surface area contributed by atoms with Crippen LogP contribution in [0.15, 0.2) is 6.20 Å². The van der Waals surface area contributed by atoms with Gasteiger partial charge in [0.2, 0.25) is 0 Å². The lowest BCUT2D eigenvalue weighted by Crippen LogP contribution is -2.13. The van der Waals surface area contributed by atoms with Crippen LogP contribution in [0.1, 0.15) is 17.4 Å². The highest BCUT2D eigenvalue weighted by molar-refractivity contribution is 5.92. The van der Waals surface area contributed by atoms with Crippen LogP contribution in [0.4, 0.5) is 5.69 Å². The molecular weight excluding hydrogens is 214 g/mol. The summed E-state index contributed by atoms with van der Waals surface area (Å²) >= 11 is 0. The van der Waals surface area contributed by atoms with Gasteiger partial charge in [0.05, 0.1) is 19.4 Å². The van der Waals surface area contributed by atoms with Gasteiger partial charge in [-0.1, -0.05) is 0 Å². The monoisotopic (exact) mass is 227 g/mol. The van der Waals surface area contributed by atoms with E-state index in [1.165, 1.54) is 18.0 Å². The van der Waals surface area contributed by atoms with E-state index in [1.54, 1.807) is 6.92 Å². The lowest BCUT2D eigenvalue weighted by molar-refractivity contribution is -0.141. The number of esters is 2. The van der Waals surface area contributed by atoms with Crippen LogP contribution in [0.25, 0.3) is 0 Å². The second-order valence-electron chi connectivity index (χ2n) is 2.93. The molecule has 0 atom stereocenters. The van der Waals surface area contributed by atoms with Gasteiger partial charge in [0.25, 0.3) is 0 Å². The number of carbonyl (C=O) groups excluding carboxylic acids is 2. The van der Waals surface area contributed by atoms with E-state index >= 15 is 0 Å². The Morgan fingerprint density at radius 2 is 2.25 bits per heavy atom. The van der Waals surface area contributed by atoms with Gasteiger partial charge in [0.15, 0.2) is 5.69 Å². The van der Waals surface area contributed by atoms with E-state index in [4.69, 9.17) is 10.5 Å². The molecule has 0 aliphatic heterocycles. The van der Waals surface area contributed by atoms with Crippen molar-refractivity contribution >= 4 is 17.6 Å². The number of hydrogen-bond acceptors (Lipinski definition) is 6. The summed E-state index contributed by atoms with van der Waals surface area (Å²) in [6.07, 6.45) is 1.38. The number of anilines is 1. The van der Waals surface area contributed by atoms with Gasteiger partial charge in [-0.15, -0.1) is 0 Å². The molecule has 1 aromatic heterocycles. The minimum Gasteiger partial charge on any atom is -0.468 e. The highest BCUT2D eigenvalue weighted by Gasteiger charge is 2.16. The Morgan fingerprint density at radius 1 is 1.56 bits per heavy atom. The zero-order valence-corrected chi connectivity index (χ0v) is 9.10. The van der Waals surface area contributed by atoms with E-state index in [2.05, 4.69) is 9.84 Å². The Hall–Kier alpha value is -2.05. The predicted octanol–water partition coefficient (Wildman–Crippen LogP) is -0.185. The van der Waals surface area contributed by atoms with Crippen molar-refractivity contribution in [3.8, 4) is 0 Å². The molecule has 0 aromatic carbocycles. The third-order valence-electron chi connectivity index (χ3n) is 1.78. The minimum absolute atomic E-state index is 0.00533. The molecule has 7 heteroatoms. The van der Waals surface area contributed by atoms with Crippen molar-refractivity contribution in [3.63, 3.8) is 0 Å². The molecule has 0 spiro atoms. The summed E-state index contributed by atoms with van der Waals surface area (Å²) in [6.45, 7) is 1.82. The first-order valence-corrected chi connectivity index (χ1v) is 4.65. The summed E-state index contributed by atoms with van der Waals surface area (Å²) in [6, 6.07) is 0. The molecule has 1 rings (SSSR count). The average molecular weight is 227 g/mol. The van der Waals surface area contributed by atoms with Gasteiger partial charge in [-0.05, 0) is 6.92 Å². The molecular formula is C9H13N3O4. The smallest absolute Gasteiger partial charge is 0.361 e. The van der Waals surface area contributed by atoms with E-state index < -0.39 is 11.9 Å². The Morgan fingerprint density at radius 3 is 2.81 bits per heavy atom. The first-order chi connectivity index (χ1) is 7.58. The first kappa shape index (κ1) is 12.0. The summed E-state index contributed by atoms with van der Waals surface area (Å²) < 4.78 is 10.4. The highest BCUT2D eigenvalue weighted by atomic mass is 16.5. The number of nitrogens with two attached hydrogens (primary N) is 1. The largest absolute Gasteiger partial charge is 0.468 e. The quantitative estimate of drug-likeness (QED) is 0.716. The molecule has 0 radical (unpaired) electrons. The van der Waals surface area contributed by atoms with Gasteiger partial charge in [0, 0.05) is 6.20 Å². The van der Waals surface area contributed by atoms with Crippen LogP contribution in [-0.2, 0) is 20.8 Å². The standard InChI is InChI=1S/C9H13N3O4/c1-3-16-9(14)8-6(10)4-12(11-8)5-7(13)15-2/h4H,3,5,10H2,1-2H3. The zero-order chi connectivity index (χ0) is 12.1. The molecule has 0 aliphatic rings. The number of nitrogen functional groups attached to an aromatic ring is 1. The van der Waals surface area contributed by atoms with Gasteiger partial charge in [-0.2, -0.15) is 5.10 Å². The van der Waals surface area contributed by atoms with Crippen LogP contribution in [0.3, 0.4) is 0 Å². The zero-order valence-electron chi connectivity index (χ0n) is 9.10. The lowest BCUT2D eigenvalue weighted by Gasteiger charge is -1.99. The number of aromatic nitrogens is 2. The highest BCUT2D eigenvalue weighted by Crippen LogP contribution is 2.10. The maximum Gasteiger partial charge on any atom is 0.361 e. The molecule has 0 unspecified atom stereocenters. The first-order valence-electron chi connectivity index (χ1n) is 4.65. The average Bonchev–Trinajstić information content (AvgIpc) is 2.59. The molecule has 0 saturated carbocycles. The fraction of sp³-hybridized carbons (Fsp3) is 0.444.